The van der Waals surface area contributed by atoms with Crippen LogP contribution in [0.3, 0.4) is 0 Å². The van der Waals surface area contributed by atoms with Crippen LogP contribution < -0.4 is 10.2 Å². The van der Waals surface area contributed by atoms with Crippen LogP contribution >= 0.6 is 11.3 Å². The van der Waals surface area contributed by atoms with E-state index in [0.717, 1.165) is 37.9 Å². The number of nitrogens with zero attached hydrogens (tertiary/aromatic N) is 2. The molecule has 0 unspecified atom stereocenters. The van der Waals surface area contributed by atoms with Gasteiger partial charge in [0.1, 0.15) is 0 Å². The van der Waals surface area contributed by atoms with Crippen LogP contribution in [0.25, 0.3) is 0 Å². The van der Waals surface area contributed by atoms with E-state index in [1.165, 1.54) is 10.4 Å². The van der Waals surface area contributed by atoms with Crippen molar-refractivity contribution in [3.05, 3.63) is 52.2 Å². The Morgan fingerprint density at radius 3 is 2.85 bits per heavy atom. The topological polar surface area (TPSA) is 52.7 Å². The summed E-state index contributed by atoms with van der Waals surface area (Å²) in [6, 6.07) is 12.1. The monoisotopic (exact) mass is 369 g/mol. The van der Waals surface area contributed by atoms with Gasteiger partial charge in [0.2, 0.25) is 5.91 Å². The molecule has 1 fully saturated rings. The predicted octanol–water partition coefficient (Wildman–Crippen LogP) is 3.57. The molecule has 26 heavy (non-hydrogen) atoms. The normalized spacial score (nSPS) is 19.3. The number of para-hydroxylation sites is 1. The van der Waals surface area contributed by atoms with Crippen LogP contribution in [0.1, 0.15) is 35.7 Å². The number of rotatable bonds is 3. The second-order valence-corrected chi connectivity index (χ2v) is 7.78. The average Bonchev–Trinajstić information content (AvgIpc) is 3.36. The molecule has 4 rings (SSSR count). The van der Waals surface area contributed by atoms with Crippen LogP contribution in [-0.2, 0) is 11.2 Å². The zero-order valence-corrected chi connectivity index (χ0v) is 15.5. The van der Waals surface area contributed by atoms with Crippen molar-refractivity contribution >= 4 is 29.0 Å². The summed E-state index contributed by atoms with van der Waals surface area (Å²) in [5.41, 5.74) is 2.19. The van der Waals surface area contributed by atoms with Crippen LogP contribution in [-0.4, -0.2) is 36.5 Å². The molecule has 2 aliphatic rings. The van der Waals surface area contributed by atoms with E-state index >= 15 is 0 Å². The highest BCUT2D eigenvalue weighted by atomic mass is 32.1. The zero-order chi connectivity index (χ0) is 17.9. The second kappa shape index (κ2) is 7.50. The fourth-order valence-electron chi connectivity index (χ4n) is 3.93. The molecule has 2 aromatic rings. The number of benzene rings is 1. The third kappa shape index (κ3) is 3.33. The summed E-state index contributed by atoms with van der Waals surface area (Å²) >= 11 is 1.68. The lowest BCUT2D eigenvalue weighted by Gasteiger charge is -2.30. The van der Waals surface area contributed by atoms with Crippen molar-refractivity contribution in [2.45, 2.75) is 31.7 Å². The Morgan fingerprint density at radius 2 is 2.00 bits per heavy atom. The number of fused-ring (bicyclic) bond motifs is 1. The van der Waals surface area contributed by atoms with Gasteiger partial charge in [-0.3, -0.25) is 4.79 Å². The maximum absolute atomic E-state index is 12.7. The maximum Gasteiger partial charge on any atom is 0.318 e. The molecule has 6 heteroatoms. The number of nitrogens with one attached hydrogen (secondary N) is 1. The van der Waals surface area contributed by atoms with Crippen molar-refractivity contribution in [3.8, 4) is 0 Å². The van der Waals surface area contributed by atoms with Gasteiger partial charge in [-0.1, -0.05) is 24.3 Å². The minimum atomic E-state index is -0.139. The molecule has 1 aromatic carbocycles. The molecule has 1 aromatic heterocycles. The highest BCUT2D eigenvalue weighted by Gasteiger charge is 2.31. The van der Waals surface area contributed by atoms with Crippen molar-refractivity contribution in [1.82, 2.24) is 10.2 Å². The van der Waals surface area contributed by atoms with Crippen LogP contribution in [0.4, 0.5) is 10.5 Å². The summed E-state index contributed by atoms with van der Waals surface area (Å²) in [6.07, 6.45) is 3.96. The van der Waals surface area contributed by atoms with Gasteiger partial charge < -0.3 is 15.1 Å². The molecule has 3 amide bonds. The summed E-state index contributed by atoms with van der Waals surface area (Å²) in [7, 11) is 0. The predicted molar refractivity (Wildman–Crippen MR) is 104 cm³/mol. The molecule has 0 aliphatic carbocycles. The minimum absolute atomic E-state index is 0.0425. The van der Waals surface area contributed by atoms with Gasteiger partial charge in [0.05, 0.1) is 12.6 Å². The fourth-order valence-corrected chi connectivity index (χ4v) is 4.80. The van der Waals surface area contributed by atoms with E-state index in [9.17, 15) is 9.59 Å². The van der Waals surface area contributed by atoms with Gasteiger partial charge in [0.15, 0.2) is 0 Å². The minimum Gasteiger partial charge on any atom is -0.329 e. The van der Waals surface area contributed by atoms with Gasteiger partial charge in [-0.2, -0.15) is 0 Å². The molecule has 5 nitrogen and oxygen atoms in total. The van der Waals surface area contributed by atoms with Crippen LogP contribution in [0, 0.1) is 0 Å². The Kier molecular flexibility index (Phi) is 4.93. The number of amides is 3. The molecule has 2 aliphatic heterocycles. The number of hydrogen-bond donors (Lipinski definition) is 1. The summed E-state index contributed by atoms with van der Waals surface area (Å²) < 4.78 is 0. The standard InChI is InChI=1S/C20H23N3O2S/c24-19(22-11-3-7-15-6-1-2-8-16(15)22)14-21-20(25)23-12-4-9-17(23)18-10-5-13-26-18/h1-2,5-6,8,10,13,17H,3-4,7,9,11-12,14H2,(H,21,25)/t17-/m0/s1. The smallest absolute Gasteiger partial charge is 0.318 e. The highest BCUT2D eigenvalue weighted by Crippen LogP contribution is 2.34. The van der Waals surface area contributed by atoms with Gasteiger partial charge in [0.25, 0.3) is 0 Å². The summed E-state index contributed by atoms with van der Waals surface area (Å²) in [6.45, 7) is 1.50. The van der Waals surface area contributed by atoms with Gasteiger partial charge in [-0.25, -0.2) is 4.79 Å². The number of thiophene rings is 1. The van der Waals surface area contributed by atoms with E-state index < -0.39 is 0 Å². The van der Waals surface area contributed by atoms with Crippen molar-refractivity contribution in [2.75, 3.05) is 24.5 Å². The molecule has 0 spiro atoms. The lowest BCUT2D eigenvalue weighted by atomic mass is 10.0. The molecular weight excluding hydrogens is 346 g/mol. The molecule has 1 saturated heterocycles. The Morgan fingerprint density at radius 1 is 1.12 bits per heavy atom. The molecule has 0 radical (unpaired) electrons. The molecular formula is C20H23N3O2S. The molecule has 1 N–H and O–H groups in total. The number of likely N-dealkylation sites (tertiary alicyclic amines) is 1. The van der Waals surface area contributed by atoms with E-state index in [1.807, 2.05) is 34.5 Å². The highest BCUT2D eigenvalue weighted by molar-refractivity contribution is 7.10. The molecule has 0 saturated carbocycles. The summed E-state index contributed by atoms with van der Waals surface area (Å²) in [4.78, 5) is 30.2. The zero-order valence-electron chi connectivity index (χ0n) is 14.7. The first kappa shape index (κ1) is 17.1. The number of aryl methyl sites for hydroxylation is 1. The van der Waals surface area contributed by atoms with Crippen LogP contribution in [0.5, 0.6) is 0 Å². The third-order valence-electron chi connectivity index (χ3n) is 5.19. The number of hydrogen-bond acceptors (Lipinski definition) is 3. The van der Waals surface area contributed by atoms with E-state index in [0.29, 0.717) is 6.54 Å². The fraction of sp³-hybridized carbons (Fsp3) is 0.400. The first-order valence-electron chi connectivity index (χ1n) is 9.20. The third-order valence-corrected chi connectivity index (χ3v) is 6.16. The lowest BCUT2D eigenvalue weighted by Crippen LogP contribution is -2.46. The van der Waals surface area contributed by atoms with E-state index in [-0.39, 0.29) is 24.5 Å². The largest absolute Gasteiger partial charge is 0.329 e. The Bertz CT molecular complexity index is 790. The summed E-state index contributed by atoms with van der Waals surface area (Å²) in [5.74, 6) is -0.0441. The van der Waals surface area contributed by atoms with Gasteiger partial charge in [0, 0.05) is 23.7 Å². The van der Waals surface area contributed by atoms with E-state index in [4.69, 9.17) is 0 Å². The van der Waals surface area contributed by atoms with Crippen molar-refractivity contribution in [3.63, 3.8) is 0 Å². The molecule has 1 atom stereocenters. The van der Waals surface area contributed by atoms with Crippen molar-refractivity contribution < 1.29 is 9.59 Å². The first-order chi connectivity index (χ1) is 12.7. The van der Waals surface area contributed by atoms with E-state index in [1.54, 1.807) is 16.2 Å². The van der Waals surface area contributed by atoms with Crippen LogP contribution in [0.15, 0.2) is 41.8 Å². The number of anilines is 1. The number of carbonyl (C=O) groups excluding carboxylic acids is 2. The number of urea groups is 1. The molecule has 3 heterocycles. The molecule has 0 bridgehead atoms. The SMILES string of the molecule is O=C(CNC(=O)N1CCC[C@H]1c1cccs1)N1CCCc2ccccc21. The summed E-state index contributed by atoms with van der Waals surface area (Å²) in [5, 5.41) is 4.89. The Hall–Kier alpha value is -2.34. The maximum atomic E-state index is 12.7. The van der Waals surface area contributed by atoms with Gasteiger partial charge in [-0.05, 0) is 48.8 Å². The molecule has 136 valence electrons. The van der Waals surface area contributed by atoms with Gasteiger partial charge >= 0.3 is 6.03 Å². The van der Waals surface area contributed by atoms with Crippen LogP contribution in [0.2, 0.25) is 0 Å². The number of carbonyl (C=O) groups is 2. The van der Waals surface area contributed by atoms with Gasteiger partial charge in [-0.15, -0.1) is 11.3 Å². The van der Waals surface area contributed by atoms with Crippen molar-refractivity contribution in [2.24, 2.45) is 0 Å². The van der Waals surface area contributed by atoms with Crippen molar-refractivity contribution in [1.29, 1.82) is 0 Å². The second-order valence-electron chi connectivity index (χ2n) is 6.80. The Labute approximate surface area is 157 Å². The average molecular weight is 369 g/mol. The van der Waals surface area contributed by atoms with E-state index in [2.05, 4.69) is 17.4 Å². The quantitative estimate of drug-likeness (QED) is 0.899. The Balaban J connectivity index is 1.38. The lowest BCUT2D eigenvalue weighted by molar-refractivity contribution is -0.117. The first-order valence-corrected chi connectivity index (χ1v) is 10.1.